The molecule has 3 heterocycles. The Bertz CT molecular complexity index is 1280. The van der Waals surface area contributed by atoms with Gasteiger partial charge in [-0.1, -0.05) is 0 Å². The second-order valence-corrected chi connectivity index (χ2v) is 13.2. The lowest BCUT2D eigenvalue weighted by molar-refractivity contribution is -0.157. The number of nitrogens with zero attached hydrogens (tertiary/aromatic N) is 4. The predicted molar refractivity (Wildman–Crippen MR) is 133 cm³/mol. The molecule has 1 saturated heterocycles. The zero-order chi connectivity index (χ0) is 27.2. The van der Waals surface area contributed by atoms with Crippen molar-refractivity contribution in [3.05, 3.63) is 36.0 Å². The first kappa shape index (κ1) is 27.1. The summed E-state index contributed by atoms with van der Waals surface area (Å²) in [5.41, 5.74) is -0.511. The SMILES string of the molecule is CC(C)(C)OC(=O)n1ccc(C(=O)c2cncnc2N[C@@H]2C[C@H](CCS(C)(=O)=O)[C@H]3OC(C)(C)O[C@H]32)n1. The lowest BCUT2D eigenvalue weighted by Gasteiger charge is -2.24. The van der Waals surface area contributed by atoms with Gasteiger partial charge in [0, 0.05) is 18.6 Å². The van der Waals surface area contributed by atoms with Crippen molar-refractivity contribution in [3.8, 4) is 0 Å². The van der Waals surface area contributed by atoms with E-state index in [4.69, 9.17) is 14.2 Å². The van der Waals surface area contributed by atoms with Crippen molar-refractivity contribution in [3.63, 3.8) is 0 Å². The van der Waals surface area contributed by atoms with Crippen LogP contribution in [0, 0.1) is 5.92 Å². The van der Waals surface area contributed by atoms with E-state index in [1.54, 1.807) is 20.8 Å². The van der Waals surface area contributed by atoms with E-state index in [0.29, 0.717) is 12.8 Å². The van der Waals surface area contributed by atoms with Gasteiger partial charge >= 0.3 is 6.09 Å². The molecule has 0 unspecified atom stereocenters. The van der Waals surface area contributed by atoms with Crippen LogP contribution in [0.5, 0.6) is 0 Å². The highest BCUT2D eigenvalue weighted by Crippen LogP contribution is 2.44. The zero-order valence-corrected chi connectivity index (χ0v) is 22.6. The smallest absolute Gasteiger partial charge is 0.435 e. The Morgan fingerprint density at radius 2 is 1.95 bits per heavy atom. The maximum absolute atomic E-state index is 13.3. The Hall–Kier alpha value is -2.90. The average molecular weight is 536 g/mol. The van der Waals surface area contributed by atoms with Gasteiger partial charge in [-0.15, -0.1) is 0 Å². The molecule has 202 valence electrons. The number of anilines is 1. The van der Waals surface area contributed by atoms with Crippen LogP contribution in [0.25, 0.3) is 0 Å². The summed E-state index contributed by atoms with van der Waals surface area (Å²) >= 11 is 0. The summed E-state index contributed by atoms with van der Waals surface area (Å²) in [6.45, 7) is 8.84. The number of carbonyl (C=O) groups excluding carboxylic acids is 2. The van der Waals surface area contributed by atoms with Crippen LogP contribution in [0.15, 0.2) is 24.8 Å². The molecule has 12 nitrogen and oxygen atoms in total. The molecule has 2 aromatic heterocycles. The third-order valence-corrected chi connectivity index (χ3v) is 7.10. The Labute approximate surface area is 216 Å². The van der Waals surface area contributed by atoms with Crippen molar-refractivity contribution in [1.82, 2.24) is 19.7 Å². The van der Waals surface area contributed by atoms with Crippen LogP contribution < -0.4 is 5.32 Å². The van der Waals surface area contributed by atoms with Gasteiger partial charge in [-0.25, -0.2) is 23.2 Å². The van der Waals surface area contributed by atoms with Gasteiger partial charge in [-0.3, -0.25) is 4.79 Å². The molecule has 1 aliphatic heterocycles. The zero-order valence-electron chi connectivity index (χ0n) is 21.8. The van der Waals surface area contributed by atoms with E-state index in [2.05, 4.69) is 20.4 Å². The number of fused-ring (bicyclic) bond motifs is 1. The molecule has 2 fully saturated rings. The van der Waals surface area contributed by atoms with Gasteiger partial charge in [-0.05, 0) is 59.4 Å². The molecule has 0 amide bonds. The number of aromatic nitrogens is 4. The lowest BCUT2D eigenvalue weighted by atomic mass is 10.0. The summed E-state index contributed by atoms with van der Waals surface area (Å²) in [6, 6.07) is 1.14. The fourth-order valence-corrected chi connectivity index (χ4v) is 5.39. The van der Waals surface area contributed by atoms with Gasteiger partial charge in [0.1, 0.15) is 39.4 Å². The minimum Gasteiger partial charge on any atom is -0.442 e. The summed E-state index contributed by atoms with van der Waals surface area (Å²) in [5.74, 6) is -1.01. The van der Waals surface area contributed by atoms with Crippen LogP contribution in [0.4, 0.5) is 10.6 Å². The summed E-state index contributed by atoms with van der Waals surface area (Å²) in [4.78, 5) is 33.9. The van der Waals surface area contributed by atoms with Crippen LogP contribution >= 0.6 is 0 Å². The molecule has 2 aliphatic rings. The third kappa shape index (κ3) is 6.51. The number of hydrogen-bond acceptors (Lipinski definition) is 11. The maximum Gasteiger partial charge on any atom is 0.435 e. The van der Waals surface area contributed by atoms with E-state index in [0.717, 1.165) is 4.68 Å². The first-order valence-electron chi connectivity index (χ1n) is 12.1. The van der Waals surface area contributed by atoms with Crippen molar-refractivity contribution >= 4 is 27.5 Å². The van der Waals surface area contributed by atoms with E-state index in [1.165, 1.54) is 31.0 Å². The van der Waals surface area contributed by atoms with Crippen molar-refractivity contribution in [2.24, 2.45) is 5.92 Å². The van der Waals surface area contributed by atoms with E-state index in [-0.39, 0.29) is 47.0 Å². The number of ether oxygens (including phenoxy) is 3. The molecule has 4 rings (SSSR count). The van der Waals surface area contributed by atoms with Gasteiger partial charge in [0.2, 0.25) is 5.78 Å². The van der Waals surface area contributed by atoms with E-state index in [9.17, 15) is 18.0 Å². The largest absolute Gasteiger partial charge is 0.442 e. The quantitative estimate of drug-likeness (QED) is 0.520. The standard InChI is InChI=1S/C24H33N5O7S/c1-23(2,3)36-22(31)29-9-7-16(28-29)18(30)15-12-25-13-26-21(15)27-17-11-14(8-10-37(6,32)33)19-20(17)35-24(4,5)34-19/h7,9,12-14,17,19-20H,8,10-11H2,1-6H3,(H,25,26,27)/t14-,17+,19+,20-/m0/s1. The molecule has 1 saturated carbocycles. The lowest BCUT2D eigenvalue weighted by Crippen LogP contribution is -2.35. The van der Waals surface area contributed by atoms with Crippen LogP contribution in [0.3, 0.4) is 0 Å². The Kier molecular flexibility index (Phi) is 7.16. The molecule has 1 N–H and O–H groups in total. The van der Waals surface area contributed by atoms with Gasteiger partial charge in [-0.2, -0.15) is 9.78 Å². The fourth-order valence-electron chi connectivity index (χ4n) is 4.66. The third-order valence-electron chi connectivity index (χ3n) is 6.12. The molecule has 13 heteroatoms. The van der Waals surface area contributed by atoms with E-state index >= 15 is 0 Å². The molecular formula is C24H33N5O7S. The minimum atomic E-state index is -3.13. The van der Waals surface area contributed by atoms with Crippen molar-refractivity contribution < 1.29 is 32.2 Å². The molecular weight excluding hydrogens is 502 g/mol. The average Bonchev–Trinajstić information content (AvgIpc) is 3.45. The van der Waals surface area contributed by atoms with Crippen molar-refractivity contribution in [2.45, 2.75) is 77.1 Å². The summed E-state index contributed by atoms with van der Waals surface area (Å²) < 4.78 is 42.1. The number of ketones is 1. The summed E-state index contributed by atoms with van der Waals surface area (Å²) in [6.07, 6.45) is 4.94. The first-order valence-corrected chi connectivity index (χ1v) is 14.1. The molecule has 2 aromatic rings. The fraction of sp³-hybridized carbons (Fsp3) is 0.625. The minimum absolute atomic E-state index is 0.0284. The predicted octanol–water partition coefficient (Wildman–Crippen LogP) is 2.44. The van der Waals surface area contributed by atoms with Crippen LogP contribution in [-0.4, -0.2) is 81.7 Å². The maximum atomic E-state index is 13.3. The first-order chi connectivity index (χ1) is 17.1. The highest BCUT2D eigenvalue weighted by molar-refractivity contribution is 7.90. The van der Waals surface area contributed by atoms with Gasteiger partial charge in [0.25, 0.3) is 0 Å². The molecule has 1 aliphatic carbocycles. The van der Waals surface area contributed by atoms with Gasteiger partial charge in [0.15, 0.2) is 5.79 Å². The normalized spacial score (nSPS) is 25.0. The molecule has 0 radical (unpaired) electrons. The number of nitrogens with one attached hydrogen (secondary N) is 1. The van der Waals surface area contributed by atoms with Crippen molar-refractivity contribution in [2.75, 3.05) is 17.3 Å². The van der Waals surface area contributed by atoms with E-state index < -0.39 is 33.1 Å². The Morgan fingerprint density at radius 3 is 2.62 bits per heavy atom. The topological polar surface area (TPSA) is 152 Å². The molecule has 4 atom stereocenters. The van der Waals surface area contributed by atoms with E-state index in [1.807, 2.05) is 13.8 Å². The number of hydrogen-bond donors (Lipinski definition) is 1. The summed E-state index contributed by atoms with van der Waals surface area (Å²) in [5, 5.41) is 7.39. The second-order valence-electron chi connectivity index (χ2n) is 11.0. The highest BCUT2D eigenvalue weighted by Gasteiger charge is 2.54. The summed E-state index contributed by atoms with van der Waals surface area (Å²) in [7, 11) is -3.13. The number of rotatable bonds is 7. The van der Waals surface area contributed by atoms with Gasteiger partial charge in [0.05, 0.1) is 23.5 Å². The Morgan fingerprint density at radius 1 is 1.24 bits per heavy atom. The monoisotopic (exact) mass is 535 g/mol. The number of sulfone groups is 1. The molecule has 0 bridgehead atoms. The van der Waals surface area contributed by atoms with Gasteiger partial charge < -0.3 is 19.5 Å². The van der Waals surface area contributed by atoms with Crippen molar-refractivity contribution in [1.29, 1.82) is 0 Å². The van der Waals surface area contributed by atoms with Crippen LogP contribution in [-0.2, 0) is 24.0 Å². The number of carbonyl (C=O) groups is 2. The second kappa shape index (κ2) is 9.76. The van der Waals surface area contributed by atoms with Crippen LogP contribution in [0.1, 0.15) is 63.5 Å². The van der Waals surface area contributed by atoms with Crippen LogP contribution in [0.2, 0.25) is 0 Å². The Balaban J connectivity index is 1.54. The molecule has 0 aromatic carbocycles. The highest BCUT2D eigenvalue weighted by atomic mass is 32.2. The molecule has 37 heavy (non-hydrogen) atoms. The molecule has 0 spiro atoms.